The van der Waals surface area contributed by atoms with Crippen molar-refractivity contribution in [2.75, 3.05) is 0 Å². The van der Waals surface area contributed by atoms with Crippen molar-refractivity contribution in [3.63, 3.8) is 0 Å². The average molecular weight is 438 g/mol. The molecule has 3 aromatic rings. The summed E-state index contributed by atoms with van der Waals surface area (Å²) in [5.41, 5.74) is 1.09. The van der Waals surface area contributed by atoms with Crippen molar-refractivity contribution >= 4 is 33.9 Å². The molecule has 3 rings (SSSR count). The van der Waals surface area contributed by atoms with Crippen LogP contribution in [0.15, 0.2) is 82.7 Å². The van der Waals surface area contributed by atoms with Crippen LogP contribution in [0.4, 0.5) is 5.69 Å². The highest BCUT2D eigenvalue weighted by Gasteiger charge is 2.17. The molecule has 0 fully saturated rings. The molecular formula is C22H18N2O6S. The SMILES string of the molecule is CC(=O)Oc1ccccc1C(=O)Oc1ccccc1C=Nc1ccc(S(N)(=O)=O)cc1. The molecule has 0 saturated heterocycles. The molecule has 0 bridgehead atoms. The second-order valence-corrected chi connectivity index (χ2v) is 7.88. The molecule has 0 radical (unpaired) electrons. The summed E-state index contributed by atoms with van der Waals surface area (Å²) in [5, 5.41) is 5.08. The Balaban J connectivity index is 1.82. The fraction of sp³-hybridized carbons (Fsp3) is 0.0455. The highest BCUT2D eigenvalue weighted by molar-refractivity contribution is 7.89. The number of ether oxygens (including phenoxy) is 2. The minimum absolute atomic E-state index is 0.0211. The van der Waals surface area contributed by atoms with Crippen molar-refractivity contribution < 1.29 is 27.5 Å². The first-order valence-corrected chi connectivity index (χ1v) is 10.5. The smallest absolute Gasteiger partial charge is 0.347 e. The Hall–Kier alpha value is -3.82. The second-order valence-electron chi connectivity index (χ2n) is 6.31. The molecule has 158 valence electrons. The van der Waals surface area contributed by atoms with Crippen LogP contribution in [0.5, 0.6) is 11.5 Å². The lowest BCUT2D eigenvalue weighted by Gasteiger charge is -2.10. The van der Waals surface area contributed by atoms with E-state index in [9.17, 15) is 18.0 Å². The molecule has 0 aromatic heterocycles. The van der Waals surface area contributed by atoms with Crippen molar-refractivity contribution in [3.8, 4) is 11.5 Å². The molecule has 0 unspecified atom stereocenters. The molecule has 2 N–H and O–H groups in total. The van der Waals surface area contributed by atoms with E-state index in [1.807, 2.05) is 0 Å². The van der Waals surface area contributed by atoms with Gasteiger partial charge in [0.1, 0.15) is 17.1 Å². The third-order valence-electron chi connectivity index (χ3n) is 4.00. The summed E-state index contributed by atoms with van der Waals surface area (Å²) in [6, 6.07) is 18.7. The van der Waals surface area contributed by atoms with Gasteiger partial charge in [-0.15, -0.1) is 0 Å². The van der Waals surface area contributed by atoms with E-state index in [4.69, 9.17) is 14.6 Å². The number of sulfonamides is 1. The van der Waals surface area contributed by atoms with Crippen molar-refractivity contribution in [2.24, 2.45) is 10.1 Å². The summed E-state index contributed by atoms with van der Waals surface area (Å²) >= 11 is 0. The van der Waals surface area contributed by atoms with Crippen LogP contribution >= 0.6 is 0 Å². The van der Waals surface area contributed by atoms with E-state index in [1.165, 1.54) is 49.5 Å². The Morgan fingerprint density at radius 3 is 2.13 bits per heavy atom. The van der Waals surface area contributed by atoms with E-state index in [0.29, 0.717) is 11.3 Å². The lowest BCUT2D eigenvalue weighted by molar-refractivity contribution is -0.131. The lowest BCUT2D eigenvalue weighted by atomic mass is 10.2. The predicted octanol–water partition coefficient (Wildman–Crippen LogP) is 3.23. The molecule has 8 nitrogen and oxygen atoms in total. The zero-order valence-corrected chi connectivity index (χ0v) is 17.2. The Kier molecular flexibility index (Phi) is 6.58. The molecule has 9 heteroatoms. The molecule has 0 amide bonds. The number of para-hydroxylation sites is 2. The first kappa shape index (κ1) is 21.9. The predicted molar refractivity (Wildman–Crippen MR) is 114 cm³/mol. The van der Waals surface area contributed by atoms with Crippen LogP contribution < -0.4 is 14.6 Å². The summed E-state index contributed by atoms with van der Waals surface area (Å²) in [7, 11) is -3.79. The van der Waals surface area contributed by atoms with Gasteiger partial charge in [-0.2, -0.15) is 0 Å². The number of hydrogen-bond donors (Lipinski definition) is 1. The summed E-state index contributed by atoms with van der Waals surface area (Å²) in [5.74, 6) is -0.910. The number of benzene rings is 3. The maximum Gasteiger partial charge on any atom is 0.347 e. The number of esters is 2. The number of nitrogens with zero attached hydrogens (tertiary/aromatic N) is 1. The second kappa shape index (κ2) is 9.33. The van der Waals surface area contributed by atoms with Gasteiger partial charge in [-0.3, -0.25) is 9.79 Å². The highest BCUT2D eigenvalue weighted by atomic mass is 32.2. The topological polar surface area (TPSA) is 125 Å². The van der Waals surface area contributed by atoms with Gasteiger partial charge < -0.3 is 9.47 Å². The maximum absolute atomic E-state index is 12.6. The van der Waals surface area contributed by atoms with Gasteiger partial charge in [0.15, 0.2) is 0 Å². The fourth-order valence-electron chi connectivity index (χ4n) is 2.58. The molecule has 0 aliphatic carbocycles. The Morgan fingerprint density at radius 1 is 0.871 bits per heavy atom. The third-order valence-corrected chi connectivity index (χ3v) is 4.93. The Morgan fingerprint density at radius 2 is 1.48 bits per heavy atom. The molecule has 0 atom stereocenters. The van der Waals surface area contributed by atoms with Gasteiger partial charge in [0.2, 0.25) is 10.0 Å². The van der Waals surface area contributed by atoms with E-state index in [2.05, 4.69) is 4.99 Å². The van der Waals surface area contributed by atoms with Crippen LogP contribution in [0.3, 0.4) is 0 Å². The number of aliphatic imine (C=N–C) groups is 1. The van der Waals surface area contributed by atoms with E-state index in [0.717, 1.165) is 0 Å². The zero-order chi connectivity index (χ0) is 22.4. The van der Waals surface area contributed by atoms with Gasteiger partial charge in [0, 0.05) is 18.7 Å². The van der Waals surface area contributed by atoms with Crippen LogP contribution in [-0.2, 0) is 14.8 Å². The normalized spacial score (nSPS) is 11.3. The van der Waals surface area contributed by atoms with Gasteiger partial charge in [-0.1, -0.05) is 24.3 Å². The first-order chi connectivity index (χ1) is 14.7. The highest BCUT2D eigenvalue weighted by Crippen LogP contribution is 2.23. The van der Waals surface area contributed by atoms with Crippen LogP contribution in [0.1, 0.15) is 22.8 Å². The summed E-state index contributed by atoms with van der Waals surface area (Å²) in [4.78, 5) is 28.2. The third kappa shape index (κ3) is 5.84. The minimum Gasteiger partial charge on any atom is -0.426 e. The summed E-state index contributed by atoms with van der Waals surface area (Å²) < 4.78 is 33.2. The number of carbonyl (C=O) groups excluding carboxylic acids is 2. The number of nitrogens with two attached hydrogens (primary N) is 1. The van der Waals surface area contributed by atoms with Crippen LogP contribution in [-0.4, -0.2) is 26.6 Å². The van der Waals surface area contributed by atoms with E-state index < -0.39 is 22.0 Å². The summed E-state index contributed by atoms with van der Waals surface area (Å²) in [6.45, 7) is 1.24. The monoisotopic (exact) mass is 438 g/mol. The lowest BCUT2D eigenvalue weighted by Crippen LogP contribution is -2.13. The summed E-state index contributed by atoms with van der Waals surface area (Å²) in [6.07, 6.45) is 1.48. The largest absolute Gasteiger partial charge is 0.426 e. The number of rotatable bonds is 6. The molecule has 0 spiro atoms. The van der Waals surface area contributed by atoms with Crippen LogP contribution in [0.25, 0.3) is 0 Å². The van der Waals surface area contributed by atoms with Gasteiger partial charge in [-0.05, 0) is 48.5 Å². The minimum atomic E-state index is -3.79. The Labute approximate surface area is 179 Å². The standard InChI is InChI=1S/C22H18N2O6S/c1-15(25)29-21-9-5-3-7-19(21)22(26)30-20-8-4-2-6-16(20)14-24-17-10-12-18(13-11-17)31(23,27)28/h2-14H,1H3,(H2,23,27,28). The van der Waals surface area contributed by atoms with Crippen molar-refractivity contribution in [3.05, 3.63) is 83.9 Å². The first-order valence-electron chi connectivity index (χ1n) is 8.99. The van der Waals surface area contributed by atoms with Crippen LogP contribution in [0.2, 0.25) is 0 Å². The van der Waals surface area contributed by atoms with Gasteiger partial charge in [-0.25, -0.2) is 18.4 Å². The van der Waals surface area contributed by atoms with Gasteiger partial charge >= 0.3 is 11.9 Å². The quantitative estimate of drug-likeness (QED) is 0.358. The van der Waals surface area contributed by atoms with Crippen molar-refractivity contribution in [1.29, 1.82) is 0 Å². The molecular weight excluding hydrogens is 420 g/mol. The molecule has 0 aliphatic rings. The number of hydrogen-bond acceptors (Lipinski definition) is 7. The maximum atomic E-state index is 12.6. The molecule has 3 aromatic carbocycles. The average Bonchev–Trinajstić information content (AvgIpc) is 2.72. The van der Waals surface area contributed by atoms with Crippen LogP contribution in [0, 0.1) is 0 Å². The van der Waals surface area contributed by atoms with Gasteiger partial charge in [0.05, 0.1) is 10.6 Å². The van der Waals surface area contributed by atoms with Crippen molar-refractivity contribution in [2.45, 2.75) is 11.8 Å². The van der Waals surface area contributed by atoms with Crippen molar-refractivity contribution in [1.82, 2.24) is 0 Å². The fourth-order valence-corrected chi connectivity index (χ4v) is 3.10. The molecule has 0 saturated carbocycles. The Bertz CT molecular complexity index is 1250. The van der Waals surface area contributed by atoms with E-state index in [-0.39, 0.29) is 22.0 Å². The van der Waals surface area contributed by atoms with E-state index in [1.54, 1.807) is 36.4 Å². The molecule has 0 aliphatic heterocycles. The number of carbonyl (C=O) groups is 2. The molecule has 0 heterocycles. The van der Waals surface area contributed by atoms with E-state index >= 15 is 0 Å². The zero-order valence-electron chi connectivity index (χ0n) is 16.4. The molecule has 31 heavy (non-hydrogen) atoms. The number of primary sulfonamides is 1. The van der Waals surface area contributed by atoms with Gasteiger partial charge in [0.25, 0.3) is 0 Å².